The number of hydrogen-bond donors (Lipinski definition) is 0. The number of amides is 1. The molecule has 1 atom stereocenters. The summed E-state index contributed by atoms with van der Waals surface area (Å²) in [5, 5.41) is 4.97. The Labute approximate surface area is 134 Å². The van der Waals surface area contributed by atoms with Gasteiger partial charge in [-0.1, -0.05) is 17.3 Å². The highest BCUT2D eigenvalue weighted by Crippen LogP contribution is 2.26. The predicted octanol–water partition coefficient (Wildman–Crippen LogP) is 2.12. The Bertz CT molecular complexity index is 693. The topological polar surface area (TPSA) is 64.8 Å². The molecular weight excluding hydrogens is 296 g/mol. The van der Waals surface area contributed by atoms with Crippen molar-refractivity contribution in [2.45, 2.75) is 38.0 Å². The second kappa shape index (κ2) is 6.29. The van der Waals surface area contributed by atoms with Crippen molar-refractivity contribution in [2.24, 2.45) is 0 Å². The maximum Gasteiger partial charge on any atom is 0.229 e. The van der Waals surface area contributed by atoms with Gasteiger partial charge in [0.15, 0.2) is 11.9 Å². The number of piperidine rings is 1. The van der Waals surface area contributed by atoms with Gasteiger partial charge in [-0.05, 0) is 31.4 Å². The predicted molar refractivity (Wildman–Crippen MR) is 82.8 cm³/mol. The number of carbonyl (C=O) groups is 1. The fourth-order valence-corrected chi connectivity index (χ4v) is 3.46. The van der Waals surface area contributed by atoms with Crippen LogP contribution in [0.2, 0.25) is 0 Å². The van der Waals surface area contributed by atoms with Gasteiger partial charge in [0, 0.05) is 11.9 Å². The van der Waals surface area contributed by atoms with Crippen molar-refractivity contribution in [1.29, 1.82) is 0 Å². The van der Waals surface area contributed by atoms with Crippen LogP contribution in [-0.4, -0.2) is 48.1 Å². The molecule has 6 nitrogen and oxygen atoms in total. The molecule has 6 heteroatoms. The first-order valence-electron chi connectivity index (χ1n) is 8.19. The lowest BCUT2D eigenvalue weighted by atomic mass is 10.0. The third-order valence-corrected chi connectivity index (χ3v) is 4.60. The van der Waals surface area contributed by atoms with Crippen LogP contribution >= 0.6 is 0 Å². The third kappa shape index (κ3) is 2.84. The molecule has 4 rings (SSSR count). The van der Waals surface area contributed by atoms with E-state index in [0.717, 1.165) is 31.2 Å². The van der Waals surface area contributed by atoms with Crippen LogP contribution in [-0.2, 0) is 20.7 Å². The summed E-state index contributed by atoms with van der Waals surface area (Å²) < 4.78 is 16.5. The van der Waals surface area contributed by atoms with Crippen molar-refractivity contribution in [3.8, 4) is 0 Å². The quantitative estimate of drug-likeness (QED) is 0.868. The SMILES string of the molecule is O=C(Cc1noc2ccccc12)N1CCCC[C@H]1C1OCCO1. The fourth-order valence-electron chi connectivity index (χ4n) is 3.46. The Balaban J connectivity index is 1.52. The largest absolute Gasteiger partial charge is 0.356 e. The zero-order chi connectivity index (χ0) is 15.6. The van der Waals surface area contributed by atoms with Crippen molar-refractivity contribution in [2.75, 3.05) is 19.8 Å². The molecule has 0 aliphatic carbocycles. The van der Waals surface area contributed by atoms with E-state index in [0.29, 0.717) is 24.5 Å². The first kappa shape index (κ1) is 14.7. The third-order valence-electron chi connectivity index (χ3n) is 4.60. The molecule has 1 amide bonds. The zero-order valence-corrected chi connectivity index (χ0v) is 12.9. The lowest BCUT2D eigenvalue weighted by Gasteiger charge is -2.38. The van der Waals surface area contributed by atoms with Gasteiger partial charge in [-0.15, -0.1) is 0 Å². The van der Waals surface area contributed by atoms with E-state index in [-0.39, 0.29) is 24.7 Å². The summed E-state index contributed by atoms with van der Waals surface area (Å²) in [5.74, 6) is 0.0628. The molecule has 2 saturated heterocycles. The van der Waals surface area contributed by atoms with Gasteiger partial charge in [0.2, 0.25) is 5.91 Å². The summed E-state index contributed by atoms with van der Waals surface area (Å²) in [6.45, 7) is 1.97. The van der Waals surface area contributed by atoms with E-state index >= 15 is 0 Å². The summed E-state index contributed by atoms with van der Waals surface area (Å²) in [6.07, 6.45) is 3.02. The van der Waals surface area contributed by atoms with Gasteiger partial charge < -0.3 is 18.9 Å². The molecule has 2 aliphatic heterocycles. The first-order valence-corrected chi connectivity index (χ1v) is 8.19. The molecule has 2 aromatic rings. The average molecular weight is 316 g/mol. The van der Waals surface area contributed by atoms with Gasteiger partial charge in [-0.3, -0.25) is 4.79 Å². The molecule has 0 unspecified atom stereocenters. The second-order valence-electron chi connectivity index (χ2n) is 6.06. The summed E-state index contributed by atoms with van der Waals surface area (Å²) in [7, 11) is 0. The molecule has 0 saturated carbocycles. The minimum Gasteiger partial charge on any atom is -0.356 e. The first-order chi connectivity index (χ1) is 11.3. The minimum absolute atomic E-state index is 0.0110. The van der Waals surface area contributed by atoms with Crippen LogP contribution in [0.3, 0.4) is 0 Å². The smallest absolute Gasteiger partial charge is 0.229 e. The van der Waals surface area contributed by atoms with E-state index in [1.165, 1.54) is 0 Å². The standard InChI is InChI=1S/C17H20N2O4/c20-16(11-13-12-5-1-2-7-15(12)23-18-13)19-8-4-3-6-14(19)17-21-9-10-22-17/h1-2,5,7,14,17H,3-4,6,8-11H2/t14-/m0/s1. The van der Waals surface area contributed by atoms with Crippen LogP contribution in [0.1, 0.15) is 25.0 Å². The lowest BCUT2D eigenvalue weighted by molar-refractivity contribution is -0.150. The highest BCUT2D eigenvalue weighted by atomic mass is 16.7. The van der Waals surface area contributed by atoms with Crippen molar-refractivity contribution in [3.63, 3.8) is 0 Å². The van der Waals surface area contributed by atoms with Gasteiger partial charge in [0.25, 0.3) is 0 Å². The van der Waals surface area contributed by atoms with Gasteiger partial charge >= 0.3 is 0 Å². The number of hydrogen-bond acceptors (Lipinski definition) is 5. The van der Waals surface area contributed by atoms with Crippen molar-refractivity contribution in [3.05, 3.63) is 30.0 Å². The summed E-state index contributed by atoms with van der Waals surface area (Å²) in [5.41, 5.74) is 1.41. The Kier molecular flexibility index (Phi) is 4.01. The van der Waals surface area contributed by atoms with E-state index in [2.05, 4.69) is 5.16 Å². The summed E-state index contributed by atoms with van der Waals surface area (Å²) in [6, 6.07) is 7.63. The Morgan fingerprint density at radius 3 is 2.91 bits per heavy atom. The monoisotopic (exact) mass is 316 g/mol. The van der Waals surface area contributed by atoms with E-state index in [1.807, 2.05) is 29.2 Å². The van der Waals surface area contributed by atoms with Gasteiger partial charge in [0.05, 0.1) is 25.7 Å². The Hall–Kier alpha value is -1.92. The number of likely N-dealkylation sites (tertiary alicyclic amines) is 1. The van der Waals surface area contributed by atoms with E-state index in [1.54, 1.807) is 0 Å². The molecule has 122 valence electrons. The fraction of sp³-hybridized carbons (Fsp3) is 0.529. The second-order valence-corrected chi connectivity index (χ2v) is 6.06. The minimum atomic E-state index is -0.284. The number of rotatable bonds is 3. The molecule has 1 aromatic carbocycles. The lowest BCUT2D eigenvalue weighted by Crippen LogP contribution is -2.50. The summed E-state index contributed by atoms with van der Waals surface area (Å²) >= 11 is 0. The number of nitrogens with zero attached hydrogens (tertiary/aromatic N) is 2. The van der Waals surface area contributed by atoms with Crippen molar-refractivity contribution < 1.29 is 18.8 Å². The van der Waals surface area contributed by atoms with Crippen LogP contribution in [0.25, 0.3) is 11.0 Å². The summed E-state index contributed by atoms with van der Waals surface area (Å²) in [4.78, 5) is 14.7. The van der Waals surface area contributed by atoms with E-state index < -0.39 is 0 Å². The molecule has 1 aromatic heterocycles. The average Bonchev–Trinajstić information content (AvgIpc) is 3.25. The molecule has 3 heterocycles. The highest BCUT2D eigenvalue weighted by Gasteiger charge is 2.36. The van der Waals surface area contributed by atoms with E-state index in [9.17, 15) is 4.79 Å². The van der Waals surface area contributed by atoms with Gasteiger partial charge in [0.1, 0.15) is 5.69 Å². The van der Waals surface area contributed by atoms with Crippen LogP contribution < -0.4 is 0 Å². The maximum absolute atomic E-state index is 12.8. The van der Waals surface area contributed by atoms with Gasteiger partial charge in [-0.25, -0.2) is 0 Å². The molecule has 0 N–H and O–H groups in total. The van der Waals surface area contributed by atoms with E-state index in [4.69, 9.17) is 14.0 Å². The number of ether oxygens (including phenoxy) is 2. The van der Waals surface area contributed by atoms with Crippen molar-refractivity contribution in [1.82, 2.24) is 10.1 Å². The number of fused-ring (bicyclic) bond motifs is 1. The molecule has 23 heavy (non-hydrogen) atoms. The van der Waals surface area contributed by atoms with Crippen LogP contribution in [0.5, 0.6) is 0 Å². The zero-order valence-electron chi connectivity index (χ0n) is 12.9. The normalized spacial score (nSPS) is 22.8. The Morgan fingerprint density at radius 2 is 2.04 bits per heavy atom. The molecule has 2 aliphatic rings. The number of carbonyl (C=O) groups excluding carboxylic acids is 1. The number of para-hydroxylation sites is 1. The number of benzene rings is 1. The number of aromatic nitrogens is 1. The molecule has 0 bridgehead atoms. The van der Waals surface area contributed by atoms with Crippen LogP contribution in [0.4, 0.5) is 0 Å². The molecular formula is C17H20N2O4. The molecule has 2 fully saturated rings. The van der Waals surface area contributed by atoms with Gasteiger partial charge in [-0.2, -0.15) is 0 Å². The van der Waals surface area contributed by atoms with Crippen LogP contribution in [0, 0.1) is 0 Å². The maximum atomic E-state index is 12.8. The Morgan fingerprint density at radius 1 is 1.22 bits per heavy atom. The molecule has 0 radical (unpaired) electrons. The molecule has 0 spiro atoms. The van der Waals surface area contributed by atoms with Crippen molar-refractivity contribution >= 4 is 16.9 Å². The highest BCUT2D eigenvalue weighted by molar-refractivity contribution is 5.86. The van der Waals surface area contributed by atoms with Crippen LogP contribution in [0.15, 0.2) is 28.8 Å².